The molecule has 0 aliphatic carbocycles. The number of hydrogen-bond acceptors (Lipinski definition) is 8. The van der Waals surface area contributed by atoms with Crippen LogP contribution in [0.3, 0.4) is 0 Å². The average Bonchev–Trinajstić information content (AvgIpc) is 3.48. The minimum atomic E-state index is -1.10. The summed E-state index contributed by atoms with van der Waals surface area (Å²) in [5.74, 6) is -1.89. The molecule has 4 amide bonds. The molecule has 2 N–H and O–H groups in total. The molecule has 1 aliphatic heterocycles. The van der Waals surface area contributed by atoms with Crippen LogP contribution in [0.1, 0.15) is 54.8 Å². The smallest absolute Gasteiger partial charge is 0.413 e. The normalized spacial score (nSPS) is 16.0. The van der Waals surface area contributed by atoms with Gasteiger partial charge in [0.15, 0.2) is 11.2 Å². The van der Waals surface area contributed by atoms with Crippen molar-refractivity contribution in [2.45, 2.75) is 57.9 Å². The van der Waals surface area contributed by atoms with E-state index in [4.69, 9.17) is 9.47 Å². The number of nitrogens with one attached hydrogen (secondary N) is 2. The Morgan fingerprint density at radius 1 is 0.913 bits per heavy atom. The molecule has 1 aromatic heterocycles. The number of imide groups is 1. The minimum absolute atomic E-state index is 0.0116. The predicted molar refractivity (Wildman–Crippen MR) is 174 cm³/mol. The maximum Gasteiger partial charge on any atom is 0.413 e. The highest BCUT2D eigenvalue weighted by atomic mass is 32.1. The number of urea groups is 1. The summed E-state index contributed by atoms with van der Waals surface area (Å²) >= 11 is 1.25. The fourth-order valence-corrected chi connectivity index (χ4v) is 5.97. The summed E-state index contributed by atoms with van der Waals surface area (Å²) in [5.41, 5.74) is 1.79. The first-order valence-corrected chi connectivity index (χ1v) is 15.8. The second-order valence-corrected chi connectivity index (χ2v) is 13.0. The second-order valence-electron chi connectivity index (χ2n) is 11.9. The molecule has 4 aromatic rings. The summed E-state index contributed by atoms with van der Waals surface area (Å²) in [4.78, 5) is 58.9. The van der Waals surface area contributed by atoms with Crippen LogP contribution in [0.25, 0.3) is 0 Å². The summed E-state index contributed by atoms with van der Waals surface area (Å²) in [6, 6.07) is 25.7. The first kappa shape index (κ1) is 32.4. The summed E-state index contributed by atoms with van der Waals surface area (Å²) in [7, 11) is 0. The summed E-state index contributed by atoms with van der Waals surface area (Å²) < 4.78 is 10.9. The molecule has 0 spiro atoms. The average molecular weight is 641 g/mol. The van der Waals surface area contributed by atoms with Crippen molar-refractivity contribution in [2.24, 2.45) is 5.92 Å². The van der Waals surface area contributed by atoms with E-state index in [0.717, 1.165) is 26.5 Å². The van der Waals surface area contributed by atoms with Gasteiger partial charge in [-0.25, -0.2) is 24.3 Å². The van der Waals surface area contributed by atoms with Gasteiger partial charge in [-0.1, -0.05) is 91.0 Å². The number of carbonyl (C=O) groups is 4. The molecule has 10 nitrogen and oxygen atoms in total. The van der Waals surface area contributed by atoms with Crippen LogP contribution in [-0.2, 0) is 32.1 Å². The van der Waals surface area contributed by atoms with Crippen molar-refractivity contribution < 1.29 is 28.7 Å². The molecule has 238 valence electrons. The van der Waals surface area contributed by atoms with Crippen molar-refractivity contribution in [3.05, 3.63) is 119 Å². The molecular weight excluding hydrogens is 604 g/mol. The van der Waals surface area contributed by atoms with E-state index in [2.05, 4.69) is 15.6 Å². The van der Waals surface area contributed by atoms with Gasteiger partial charge in [0.2, 0.25) is 5.91 Å². The first-order chi connectivity index (χ1) is 22.1. The highest BCUT2D eigenvalue weighted by Crippen LogP contribution is 2.34. The van der Waals surface area contributed by atoms with E-state index < -0.39 is 47.6 Å². The molecular formula is C35H36N4O6S. The molecule has 0 radical (unpaired) electrons. The van der Waals surface area contributed by atoms with Crippen molar-refractivity contribution in [1.29, 1.82) is 0 Å². The topological polar surface area (TPSA) is 127 Å². The zero-order valence-corrected chi connectivity index (χ0v) is 26.7. The lowest BCUT2D eigenvalue weighted by molar-refractivity contribution is -0.170. The number of benzene rings is 3. The molecule has 2 atom stereocenters. The fraction of sp³-hybridized carbons (Fsp3) is 0.286. The van der Waals surface area contributed by atoms with E-state index in [1.165, 1.54) is 11.3 Å². The van der Waals surface area contributed by atoms with Crippen molar-refractivity contribution >= 4 is 40.5 Å². The number of likely N-dealkylation sites (tertiary alicyclic amines) is 1. The van der Waals surface area contributed by atoms with E-state index in [1.54, 1.807) is 27.0 Å². The van der Waals surface area contributed by atoms with Gasteiger partial charge < -0.3 is 14.8 Å². The van der Waals surface area contributed by atoms with Crippen LogP contribution >= 0.6 is 11.3 Å². The van der Waals surface area contributed by atoms with Crippen LogP contribution in [0.2, 0.25) is 0 Å². The Morgan fingerprint density at radius 2 is 1.50 bits per heavy atom. The van der Waals surface area contributed by atoms with E-state index in [9.17, 15) is 19.2 Å². The van der Waals surface area contributed by atoms with Gasteiger partial charge in [-0.05, 0) is 50.3 Å². The quantitative estimate of drug-likeness (QED) is 0.150. The van der Waals surface area contributed by atoms with Crippen molar-refractivity contribution in [1.82, 2.24) is 15.2 Å². The van der Waals surface area contributed by atoms with Crippen LogP contribution < -0.4 is 10.6 Å². The van der Waals surface area contributed by atoms with E-state index in [1.807, 2.05) is 91.0 Å². The molecule has 1 aliphatic rings. The van der Waals surface area contributed by atoms with Crippen LogP contribution in [0.15, 0.2) is 97.2 Å². The maximum absolute atomic E-state index is 13.7. The number of aromatic nitrogens is 1. The van der Waals surface area contributed by atoms with Crippen molar-refractivity contribution in [3.63, 3.8) is 0 Å². The Morgan fingerprint density at radius 3 is 2.09 bits per heavy atom. The predicted octanol–water partition coefficient (Wildman–Crippen LogP) is 6.49. The van der Waals surface area contributed by atoms with Gasteiger partial charge in [0, 0.05) is 11.1 Å². The number of anilines is 1. The molecule has 2 heterocycles. The van der Waals surface area contributed by atoms with Crippen molar-refractivity contribution in [3.8, 4) is 0 Å². The molecule has 0 saturated carbocycles. The van der Waals surface area contributed by atoms with Crippen LogP contribution in [0, 0.1) is 5.92 Å². The van der Waals surface area contributed by atoms with E-state index in [0.29, 0.717) is 11.6 Å². The lowest BCUT2D eigenvalue weighted by atomic mass is 9.83. The highest BCUT2D eigenvalue weighted by molar-refractivity contribution is 7.15. The van der Waals surface area contributed by atoms with Gasteiger partial charge in [-0.15, -0.1) is 11.3 Å². The van der Waals surface area contributed by atoms with Crippen LogP contribution in [0.5, 0.6) is 0 Å². The maximum atomic E-state index is 13.7. The van der Waals surface area contributed by atoms with Gasteiger partial charge >= 0.3 is 18.1 Å². The Hall–Kier alpha value is -5.03. The zero-order valence-electron chi connectivity index (χ0n) is 25.8. The number of ether oxygens (including phenoxy) is 2. The number of β-lactam (4-membered cyclic amide) rings is 1. The summed E-state index contributed by atoms with van der Waals surface area (Å²) in [5, 5.41) is 5.94. The van der Waals surface area contributed by atoms with Crippen LogP contribution in [0.4, 0.5) is 14.7 Å². The Bertz CT molecular complexity index is 1620. The third-order valence-electron chi connectivity index (χ3n) is 7.29. The number of aryl methyl sites for hydroxylation is 1. The number of carbonyl (C=O) groups excluding carboxylic acids is 4. The summed E-state index contributed by atoms with van der Waals surface area (Å²) in [6.45, 7) is 5.31. The molecule has 1 fully saturated rings. The fourth-order valence-electron chi connectivity index (χ4n) is 5.15. The lowest BCUT2D eigenvalue weighted by Gasteiger charge is -2.44. The Kier molecular flexibility index (Phi) is 10.1. The molecule has 1 saturated heterocycles. The first-order valence-electron chi connectivity index (χ1n) is 15.0. The number of esters is 1. The number of nitrogens with zero attached hydrogens (tertiary/aromatic N) is 2. The number of amides is 4. The number of rotatable bonds is 10. The van der Waals surface area contributed by atoms with E-state index in [-0.39, 0.29) is 13.0 Å². The van der Waals surface area contributed by atoms with Gasteiger partial charge in [0.05, 0.1) is 12.0 Å². The van der Waals surface area contributed by atoms with Crippen LogP contribution in [-0.4, -0.2) is 45.5 Å². The molecule has 46 heavy (non-hydrogen) atoms. The van der Waals surface area contributed by atoms with Crippen molar-refractivity contribution in [2.75, 3.05) is 5.32 Å². The highest BCUT2D eigenvalue weighted by Gasteiger charge is 2.55. The Balaban J connectivity index is 1.31. The van der Waals surface area contributed by atoms with Gasteiger partial charge in [0.1, 0.15) is 12.2 Å². The van der Waals surface area contributed by atoms with E-state index >= 15 is 0 Å². The minimum Gasteiger partial charge on any atom is -0.459 e. The third-order valence-corrected chi connectivity index (χ3v) is 8.27. The molecule has 3 aromatic carbocycles. The monoisotopic (exact) mass is 640 g/mol. The Labute approximate surface area is 271 Å². The molecule has 0 bridgehead atoms. The molecule has 11 heteroatoms. The zero-order chi connectivity index (χ0) is 32.7. The third kappa shape index (κ3) is 8.16. The molecule has 1 unspecified atom stereocenters. The second kappa shape index (κ2) is 14.4. The number of thiazole rings is 1. The SMILES string of the molecule is CC(C)(C)OC(=O)Nc1ncc(CCC2C(=O)N(C(=O)NC(c3ccccc3)c3ccccc3)[C@@H]2C(=O)OCc2ccccc2)s1. The standard InChI is InChI=1S/C35H36N4O6S/c1-35(2,3)45-34(43)38-32-36-21-26(46-32)19-20-27-29(31(41)44-22-23-13-7-4-8-14-23)39(30(27)40)33(42)37-28(24-15-9-5-10-16-24)25-17-11-6-12-18-25/h4-18,21,27-29H,19-20,22H2,1-3H3,(H,37,42)(H,36,38,43)/t27?,29-/m0/s1. The summed E-state index contributed by atoms with van der Waals surface area (Å²) in [6.07, 6.45) is 1.67. The van der Waals surface area contributed by atoms with Gasteiger partial charge in [-0.3, -0.25) is 10.1 Å². The molecule has 5 rings (SSSR count). The number of hydrogen-bond donors (Lipinski definition) is 2. The van der Waals surface area contributed by atoms with Gasteiger partial charge in [0.25, 0.3) is 0 Å². The largest absolute Gasteiger partial charge is 0.459 e. The lowest BCUT2D eigenvalue weighted by Crippen LogP contribution is -2.68. The van der Waals surface area contributed by atoms with Gasteiger partial charge in [-0.2, -0.15) is 0 Å².